The molecule has 0 fully saturated rings. The summed E-state index contributed by atoms with van der Waals surface area (Å²) in [6.07, 6.45) is 0. The zero-order valence-corrected chi connectivity index (χ0v) is 74.4. The van der Waals surface area contributed by atoms with E-state index in [1.54, 1.807) is 0 Å². The fourth-order valence-corrected chi connectivity index (χ4v) is 21.0. The molecule has 0 spiro atoms. The van der Waals surface area contributed by atoms with Crippen LogP contribution in [0.4, 0.5) is 28.4 Å². The highest BCUT2D eigenvalue weighted by atomic mass is 15.2. The Morgan fingerprint density at radius 3 is 0.953 bits per heavy atom. The summed E-state index contributed by atoms with van der Waals surface area (Å²) < 4.78 is 10.2. The SMILES string of the molecule is CC(C)(C)c1ccc2c(c1)c1cc(C(C)(C)C)ccc1n2-c1ccc2c(c1)N(Cc1cc(-c3ccccc3)cc(-c3ccccc3)c1)c1cc(Cn3c4ccccc4c4cc(-n5c6ccccc6c6ccccc65)ccc43)cc3c1B2c1ccc(-n2c4ccc(C(C)(C)C)cc4c4cc(C(C)(C)C)ccc42)cc1N3c1cc(-c2ccccc2)cc(-c2ccccc2)c1. The van der Waals surface area contributed by atoms with Crippen LogP contribution in [-0.2, 0) is 34.7 Å². The normalized spacial score (nSPS) is 13.1. The van der Waals surface area contributed by atoms with Gasteiger partial charge in [-0.25, -0.2) is 0 Å². The summed E-state index contributed by atoms with van der Waals surface area (Å²) in [4.78, 5) is 5.44. The largest absolute Gasteiger partial charge is 0.338 e. The maximum Gasteiger partial charge on any atom is 0.252 e. The molecule has 2 aliphatic rings. The molecule has 0 saturated carbocycles. The van der Waals surface area contributed by atoms with E-state index in [-0.39, 0.29) is 28.4 Å². The first-order valence-electron chi connectivity index (χ1n) is 45.2. The number of hydrogen-bond donors (Lipinski definition) is 0. The average Bonchev–Trinajstić information content (AvgIpc) is 1.02. The number of benzene rings is 17. The smallest absolute Gasteiger partial charge is 0.252 e. The van der Waals surface area contributed by atoms with E-state index in [1.165, 1.54) is 171 Å². The second-order valence-electron chi connectivity index (χ2n) is 39.8. The maximum atomic E-state index is 2.74. The predicted octanol–water partition coefficient (Wildman–Crippen LogP) is 29.9. The topological polar surface area (TPSA) is 26.2 Å². The second kappa shape index (κ2) is 29.1. The highest BCUT2D eigenvalue weighted by Crippen LogP contribution is 2.50. The number of nitrogens with zero attached hydrogens (tertiary/aromatic N) is 6. The molecule has 7 heteroatoms. The molecule has 0 radical (unpaired) electrons. The Balaban J connectivity index is 0.836. The van der Waals surface area contributed by atoms with Crippen LogP contribution < -0.4 is 26.2 Å². The second-order valence-corrected chi connectivity index (χ2v) is 39.8. The van der Waals surface area contributed by atoms with Gasteiger partial charge in [0.25, 0.3) is 6.71 Å². The van der Waals surface area contributed by atoms with Gasteiger partial charge in [-0.3, -0.25) is 0 Å². The predicted molar refractivity (Wildman–Crippen MR) is 543 cm³/mol. The molecule has 614 valence electrons. The minimum absolute atomic E-state index is 0.0728. The summed E-state index contributed by atoms with van der Waals surface area (Å²) in [6, 6.07) is 142. The van der Waals surface area contributed by atoms with Crippen molar-refractivity contribution in [3.05, 3.63) is 403 Å². The van der Waals surface area contributed by atoms with Gasteiger partial charge in [0.1, 0.15) is 0 Å². The van der Waals surface area contributed by atoms with Gasteiger partial charge in [0.15, 0.2) is 0 Å². The molecule has 0 saturated heterocycles. The van der Waals surface area contributed by atoms with Crippen LogP contribution in [0.25, 0.3) is 149 Å². The van der Waals surface area contributed by atoms with E-state index in [4.69, 9.17) is 0 Å². The zero-order valence-electron chi connectivity index (χ0n) is 74.4. The van der Waals surface area contributed by atoms with Crippen molar-refractivity contribution in [3.63, 3.8) is 0 Å². The Kier molecular flexibility index (Phi) is 17.7. The molecular weight excluding hydrogens is 1540 g/mol. The van der Waals surface area contributed by atoms with Crippen molar-refractivity contribution in [1.29, 1.82) is 0 Å². The number of fused-ring (bicyclic) bond motifs is 16. The van der Waals surface area contributed by atoms with Crippen molar-refractivity contribution in [3.8, 4) is 61.6 Å². The number of rotatable bonds is 12. The lowest BCUT2D eigenvalue weighted by Crippen LogP contribution is -2.61. The van der Waals surface area contributed by atoms with Gasteiger partial charge in [-0.15, -0.1) is 0 Å². The molecule has 0 aliphatic carbocycles. The molecule has 21 aromatic rings. The highest BCUT2D eigenvalue weighted by Gasteiger charge is 2.45. The third kappa shape index (κ3) is 13.0. The number of anilines is 5. The van der Waals surface area contributed by atoms with E-state index in [9.17, 15) is 0 Å². The molecular formula is C120H101BN6. The van der Waals surface area contributed by atoms with E-state index >= 15 is 0 Å². The van der Waals surface area contributed by atoms with Gasteiger partial charge in [-0.2, -0.15) is 0 Å². The van der Waals surface area contributed by atoms with Gasteiger partial charge in [-0.05, 0) is 274 Å². The van der Waals surface area contributed by atoms with Crippen LogP contribution in [0.3, 0.4) is 0 Å². The Labute approximate surface area is 744 Å². The van der Waals surface area contributed by atoms with Crippen LogP contribution in [0.5, 0.6) is 0 Å². The van der Waals surface area contributed by atoms with Gasteiger partial charge in [0.05, 0.1) is 33.1 Å². The fourth-order valence-electron chi connectivity index (χ4n) is 21.0. The first-order chi connectivity index (χ1) is 61.5. The van der Waals surface area contributed by atoms with Gasteiger partial charge in [0.2, 0.25) is 0 Å². The first kappa shape index (κ1) is 77.4. The lowest BCUT2D eigenvalue weighted by atomic mass is 9.33. The van der Waals surface area contributed by atoms with E-state index in [1.807, 2.05) is 0 Å². The Morgan fingerprint density at radius 1 is 0.213 bits per heavy atom. The third-order valence-corrected chi connectivity index (χ3v) is 27.6. The van der Waals surface area contributed by atoms with E-state index in [0.717, 1.165) is 56.4 Å². The number of hydrogen-bond acceptors (Lipinski definition) is 2. The molecule has 0 atom stereocenters. The third-order valence-electron chi connectivity index (χ3n) is 27.6. The first-order valence-corrected chi connectivity index (χ1v) is 45.2. The molecule has 4 aromatic heterocycles. The summed E-state index contributed by atoms with van der Waals surface area (Å²) in [5.74, 6) is 0. The van der Waals surface area contributed by atoms with Crippen molar-refractivity contribution < 1.29 is 0 Å². The van der Waals surface area contributed by atoms with Gasteiger partial charge < -0.3 is 28.1 Å². The number of para-hydroxylation sites is 3. The van der Waals surface area contributed by atoms with Crippen molar-refractivity contribution in [1.82, 2.24) is 18.3 Å². The van der Waals surface area contributed by atoms with Crippen molar-refractivity contribution >= 4 is 139 Å². The van der Waals surface area contributed by atoms with Crippen molar-refractivity contribution in [2.75, 3.05) is 9.80 Å². The Bertz CT molecular complexity index is 7740. The van der Waals surface area contributed by atoms with E-state index in [0.29, 0.717) is 13.1 Å². The van der Waals surface area contributed by atoms with Crippen molar-refractivity contribution in [2.24, 2.45) is 0 Å². The van der Waals surface area contributed by atoms with Crippen LogP contribution in [0, 0.1) is 0 Å². The van der Waals surface area contributed by atoms with Gasteiger partial charge in [0, 0.05) is 113 Å². The summed E-state index contributed by atoms with van der Waals surface area (Å²) in [6.45, 7) is 28.9. The van der Waals surface area contributed by atoms with E-state index in [2.05, 4.69) is 481 Å². The quantitative estimate of drug-likeness (QED) is 0.114. The summed E-state index contributed by atoms with van der Waals surface area (Å²) in [5, 5.41) is 9.96. The molecule has 0 bridgehead atoms. The molecule has 17 aromatic carbocycles. The molecule has 0 unspecified atom stereocenters. The summed E-state index contributed by atoms with van der Waals surface area (Å²) >= 11 is 0. The molecule has 2 aliphatic heterocycles. The molecule has 0 amide bonds. The van der Waals surface area contributed by atoms with Crippen LogP contribution in [0.1, 0.15) is 116 Å². The Morgan fingerprint density at radius 2 is 0.528 bits per heavy atom. The fraction of sp³-hybridized carbons (Fsp3) is 0.150. The monoisotopic (exact) mass is 1640 g/mol. The lowest BCUT2D eigenvalue weighted by Gasteiger charge is -2.45. The molecule has 127 heavy (non-hydrogen) atoms. The van der Waals surface area contributed by atoms with E-state index < -0.39 is 0 Å². The van der Waals surface area contributed by atoms with Crippen molar-refractivity contribution in [2.45, 2.75) is 118 Å². The van der Waals surface area contributed by atoms with Gasteiger partial charge >= 0.3 is 0 Å². The average molecular weight is 1640 g/mol. The maximum absolute atomic E-state index is 2.74. The van der Waals surface area contributed by atoms with Crippen LogP contribution in [0.2, 0.25) is 0 Å². The Hall–Kier alpha value is -14.4. The zero-order chi connectivity index (χ0) is 86.3. The molecule has 23 rings (SSSR count). The summed E-state index contributed by atoms with van der Waals surface area (Å²) in [7, 11) is 0. The van der Waals surface area contributed by atoms with Crippen LogP contribution in [0.15, 0.2) is 370 Å². The summed E-state index contributed by atoms with van der Waals surface area (Å²) in [5.41, 5.74) is 38.9. The standard InChI is InChI=1S/C120H101BN6/c1-117(2,3)86-45-54-108-97(67-86)98-68-87(118(4,5)6)46-55-109(98)125(108)91-49-52-102-112(72-91)123(74-76-59-82(78-31-17-13-18-32-78)63-83(60-76)79-33-19-14-20-34-79)114-61-77(75-122-104-42-28-25-41-96(104)101-71-90(51-58-105(101)122)124-106-43-29-26-39-94(106)95-40-27-30-44-107(95)124)62-115-116(114)121(102)103-53-50-92(126-110-56-47-88(119(7,8)9)69-99(110)100-70-89(120(10,11)12)48-57-111(100)126)73-113(103)127(115)93-65-84(80-35-21-15-22-36-80)64-85(66-93)81-37-23-16-24-38-81/h13-73H,74-75H2,1-12H3. The molecule has 6 nitrogen and oxygen atoms in total. The molecule has 0 N–H and O–H groups in total. The van der Waals surface area contributed by atoms with Crippen LogP contribution in [-0.4, -0.2) is 25.0 Å². The van der Waals surface area contributed by atoms with Crippen LogP contribution >= 0.6 is 0 Å². The minimum atomic E-state index is -0.253. The number of aromatic nitrogens is 4. The highest BCUT2D eigenvalue weighted by molar-refractivity contribution is 7.00. The van der Waals surface area contributed by atoms with Gasteiger partial charge in [-0.1, -0.05) is 295 Å². The minimum Gasteiger partial charge on any atom is -0.338 e. The lowest BCUT2D eigenvalue weighted by molar-refractivity contribution is 0.590. The molecule has 6 heterocycles.